The van der Waals surface area contributed by atoms with Crippen LogP contribution in [0.25, 0.3) is 0 Å². The van der Waals surface area contributed by atoms with Gasteiger partial charge < -0.3 is 14.5 Å². The van der Waals surface area contributed by atoms with Gasteiger partial charge in [-0.3, -0.25) is 4.79 Å². The SMILES string of the molecule is CO[C@H]1C[C@@H](CN2CCCC2)N(C(=O)c2ncncc2Cl)C1. The number of methoxy groups -OCH3 is 1. The van der Waals surface area contributed by atoms with Crippen LogP contribution in [0, 0.1) is 0 Å². The van der Waals surface area contributed by atoms with Crippen LogP contribution in [0.2, 0.25) is 5.02 Å². The predicted octanol–water partition coefficient (Wildman–Crippen LogP) is 1.46. The maximum absolute atomic E-state index is 12.8. The summed E-state index contributed by atoms with van der Waals surface area (Å²) >= 11 is 6.07. The highest BCUT2D eigenvalue weighted by atomic mass is 35.5. The van der Waals surface area contributed by atoms with Gasteiger partial charge in [0.05, 0.1) is 11.1 Å². The number of ether oxygens (including phenoxy) is 1. The van der Waals surface area contributed by atoms with E-state index in [9.17, 15) is 4.79 Å². The van der Waals surface area contributed by atoms with Crippen molar-refractivity contribution in [1.82, 2.24) is 19.8 Å². The molecule has 22 heavy (non-hydrogen) atoms. The molecule has 0 spiro atoms. The van der Waals surface area contributed by atoms with E-state index < -0.39 is 0 Å². The highest BCUT2D eigenvalue weighted by Crippen LogP contribution is 2.25. The number of rotatable bonds is 4. The summed E-state index contributed by atoms with van der Waals surface area (Å²) in [5.41, 5.74) is 0.278. The first kappa shape index (κ1) is 15.6. The van der Waals surface area contributed by atoms with E-state index >= 15 is 0 Å². The van der Waals surface area contributed by atoms with Crippen LogP contribution in [0.5, 0.6) is 0 Å². The number of carbonyl (C=O) groups is 1. The van der Waals surface area contributed by atoms with Crippen LogP contribution < -0.4 is 0 Å². The average Bonchev–Trinajstić information content (AvgIpc) is 3.17. The van der Waals surface area contributed by atoms with E-state index in [-0.39, 0.29) is 23.7 Å². The number of hydrogen-bond acceptors (Lipinski definition) is 5. The summed E-state index contributed by atoms with van der Waals surface area (Å²) in [5.74, 6) is -0.129. The summed E-state index contributed by atoms with van der Waals surface area (Å²) in [4.78, 5) is 25.0. The Hall–Kier alpha value is -1.24. The Morgan fingerprint density at radius 2 is 2.23 bits per heavy atom. The lowest BCUT2D eigenvalue weighted by molar-refractivity contribution is 0.0664. The molecule has 7 heteroatoms. The Morgan fingerprint density at radius 1 is 1.45 bits per heavy atom. The Morgan fingerprint density at radius 3 is 2.91 bits per heavy atom. The van der Waals surface area contributed by atoms with Crippen molar-refractivity contribution in [2.24, 2.45) is 0 Å². The number of carbonyl (C=O) groups excluding carboxylic acids is 1. The third kappa shape index (κ3) is 3.24. The molecule has 2 aliphatic rings. The van der Waals surface area contributed by atoms with Crippen molar-refractivity contribution in [2.75, 3.05) is 33.3 Å². The maximum Gasteiger partial charge on any atom is 0.274 e. The highest BCUT2D eigenvalue weighted by molar-refractivity contribution is 6.33. The molecule has 1 amide bonds. The summed E-state index contributed by atoms with van der Waals surface area (Å²) in [6.45, 7) is 3.72. The molecule has 0 unspecified atom stereocenters. The second kappa shape index (κ2) is 6.89. The van der Waals surface area contributed by atoms with E-state index in [1.54, 1.807) is 7.11 Å². The average molecular weight is 325 g/mol. The summed E-state index contributed by atoms with van der Waals surface area (Å²) in [5, 5.41) is 0.299. The van der Waals surface area contributed by atoms with Gasteiger partial charge in [-0.1, -0.05) is 11.6 Å². The van der Waals surface area contributed by atoms with Crippen LogP contribution in [-0.2, 0) is 4.74 Å². The molecular weight excluding hydrogens is 304 g/mol. The second-order valence-electron chi connectivity index (χ2n) is 5.93. The smallest absolute Gasteiger partial charge is 0.274 e. The summed E-state index contributed by atoms with van der Waals surface area (Å²) in [6.07, 6.45) is 6.25. The zero-order valence-electron chi connectivity index (χ0n) is 12.7. The van der Waals surface area contributed by atoms with Gasteiger partial charge >= 0.3 is 0 Å². The molecule has 0 N–H and O–H groups in total. The van der Waals surface area contributed by atoms with Crippen molar-refractivity contribution < 1.29 is 9.53 Å². The van der Waals surface area contributed by atoms with E-state index in [1.807, 2.05) is 4.90 Å². The summed E-state index contributed by atoms with van der Waals surface area (Å²) < 4.78 is 5.47. The van der Waals surface area contributed by atoms with Crippen molar-refractivity contribution in [3.8, 4) is 0 Å². The largest absolute Gasteiger partial charge is 0.380 e. The molecule has 2 aliphatic heterocycles. The molecule has 0 aliphatic carbocycles. The van der Waals surface area contributed by atoms with E-state index in [0.29, 0.717) is 11.6 Å². The van der Waals surface area contributed by atoms with Crippen LogP contribution in [0.1, 0.15) is 29.8 Å². The minimum absolute atomic E-state index is 0.0807. The van der Waals surface area contributed by atoms with Gasteiger partial charge in [-0.15, -0.1) is 0 Å². The minimum Gasteiger partial charge on any atom is -0.380 e. The molecule has 0 aromatic carbocycles. The lowest BCUT2D eigenvalue weighted by Crippen LogP contribution is -2.43. The predicted molar refractivity (Wildman–Crippen MR) is 83.0 cm³/mol. The van der Waals surface area contributed by atoms with Gasteiger partial charge in [0.25, 0.3) is 5.91 Å². The zero-order valence-corrected chi connectivity index (χ0v) is 13.5. The van der Waals surface area contributed by atoms with Gasteiger partial charge in [0, 0.05) is 32.4 Å². The topological polar surface area (TPSA) is 58.6 Å². The van der Waals surface area contributed by atoms with E-state index in [2.05, 4.69) is 14.9 Å². The summed E-state index contributed by atoms with van der Waals surface area (Å²) in [6, 6.07) is 0.154. The third-order valence-corrected chi connectivity index (χ3v) is 4.78. The lowest BCUT2D eigenvalue weighted by atomic mass is 10.2. The molecule has 3 rings (SSSR count). The number of aromatic nitrogens is 2. The van der Waals surface area contributed by atoms with Crippen LogP contribution in [0.4, 0.5) is 0 Å². The molecular formula is C15H21ClN4O2. The van der Waals surface area contributed by atoms with Crippen molar-refractivity contribution in [3.05, 3.63) is 23.2 Å². The number of likely N-dealkylation sites (tertiary alicyclic amines) is 2. The van der Waals surface area contributed by atoms with Gasteiger partial charge in [-0.25, -0.2) is 9.97 Å². The molecule has 6 nitrogen and oxygen atoms in total. The molecule has 1 aromatic rings. The van der Waals surface area contributed by atoms with E-state index in [4.69, 9.17) is 16.3 Å². The van der Waals surface area contributed by atoms with Crippen LogP contribution in [0.15, 0.2) is 12.5 Å². The molecule has 2 fully saturated rings. The van der Waals surface area contributed by atoms with Gasteiger partial charge in [0.2, 0.25) is 0 Å². The quantitative estimate of drug-likeness (QED) is 0.839. The molecule has 120 valence electrons. The van der Waals surface area contributed by atoms with Crippen LogP contribution >= 0.6 is 11.6 Å². The number of hydrogen-bond donors (Lipinski definition) is 0. The second-order valence-corrected chi connectivity index (χ2v) is 6.34. The van der Waals surface area contributed by atoms with Crippen LogP contribution in [-0.4, -0.2) is 71.1 Å². The van der Waals surface area contributed by atoms with Crippen molar-refractivity contribution in [2.45, 2.75) is 31.4 Å². The fourth-order valence-electron chi connectivity index (χ4n) is 3.34. The number of halogens is 1. The summed E-state index contributed by atoms with van der Waals surface area (Å²) in [7, 11) is 1.70. The van der Waals surface area contributed by atoms with E-state index in [0.717, 1.165) is 26.1 Å². The van der Waals surface area contributed by atoms with Crippen LogP contribution in [0.3, 0.4) is 0 Å². The standard InChI is InChI=1S/C15H21ClN4O2/c1-22-12-6-11(8-19-4-2-3-5-19)20(9-12)15(21)14-13(16)7-17-10-18-14/h7,10-12H,2-6,8-9H2,1H3/t11-,12-/m0/s1. The van der Waals surface area contributed by atoms with Gasteiger partial charge in [0.1, 0.15) is 12.0 Å². The molecule has 2 atom stereocenters. The Labute approximate surface area is 135 Å². The third-order valence-electron chi connectivity index (χ3n) is 4.51. The van der Waals surface area contributed by atoms with Gasteiger partial charge in [-0.05, 0) is 32.4 Å². The lowest BCUT2D eigenvalue weighted by Gasteiger charge is -2.28. The van der Waals surface area contributed by atoms with E-state index in [1.165, 1.54) is 25.4 Å². The van der Waals surface area contributed by atoms with Crippen molar-refractivity contribution in [1.29, 1.82) is 0 Å². The molecule has 1 aromatic heterocycles. The fraction of sp³-hybridized carbons (Fsp3) is 0.667. The molecule has 0 saturated carbocycles. The van der Waals surface area contributed by atoms with Crippen molar-refractivity contribution in [3.63, 3.8) is 0 Å². The number of amides is 1. The Kier molecular flexibility index (Phi) is 4.90. The Bertz CT molecular complexity index is 536. The first-order valence-corrected chi connectivity index (χ1v) is 8.08. The minimum atomic E-state index is -0.129. The monoisotopic (exact) mass is 324 g/mol. The zero-order chi connectivity index (χ0) is 15.5. The van der Waals surface area contributed by atoms with Crippen molar-refractivity contribution >= 4 is 17.5 Å². The first-order chi connectivity index (χ1) is 10.7. The normalized spacial score (nSPS) is 25.8. The van der Waals surface area contributed by atoms with Gasteiger partial charge in [0.15, 0.2) is 0 Å². The first-order valence-electron chi connectivity index (χ1n) is 7.70. The molecule has 0 bridgehead atoms. The molecule has 2 saturated heterocycles. The maximum atomic E-state index is 12.8. The molecule has 3 heterocycles. The fourth-order valence-corrected chi connectivity index (χ4v) is 3.52. The van der Waals surface area contributed by atoms with Gasteiger partial charge in [-0.2, -0.15) is 0 Å². The molecule has 0 radical (unpaired) electrons. The Balaban J connectivity index is 1.76. The highest BCUT2D eigenvalue weighted by Gasteiger charge is 2.38. The number of nitrogens with zero attached hydrogens (tertiary/aromatic N) is 4.